The molecule has 2 N–H and O–H groups in total. The minimum Gasteiger partial charge on any atom is -0.480 e. The number of nitrogens with one attached hydrogen (secondary N) is 1. The second kappa shape index (κ2) is 5.61. The lowest BCUT2D eigenvalue weighted by Gasteiger charge is -2.38. The van der Waals surface area contributed by atoms with Gasteiger partial charge in [-0.3, -0.25) is 0 Å². The van der Waals surface area contributed by atoms with E-state index in [-0.39, 0.29) is 0 Å². The van der Waals surface area contributed by atoms with E-state index in [2.05, 4.69) is 23.2 Å². The van der Waals surface area contributed by atoms with Gasteiger partial charge in [0.1, 0.15) is 5.54 Å². The molecule has 104 valence electrons. The van der Waals surface area contributed by atoms with Gasteiger partial charge in [0.05, 0.1) is 0 Å². The average Bonchev–Trinajstić information content (AvgIpc) is 2.41. The molecule has 1 aromatic rings. The lowest BCUT2D eigenvalue weighted by Crippen LogP contribution is -2.53. The minimum absolute atomic E-state index is 0.634. The molecule has 1 aromatic carbocycles. The molecule has 1 aliphatic rings. The Morgan fingerprint density at radius 3 is 2.68 bits per heavy atom. The Hall–Kier alpha value is -1.55. The van der Waals surface area contributed by atoms with E-state index in [0.29, 0.717) is 12.8 Å². The van der Waals surface area contributed by atoms with Gasteiger partial charge in [-0.2, -0.15) is 0 Å². The highest BCUT2D eigenvalue weighted by molar-refractivity contribution is 5.83. The molecule has 0 atom stereocenters. The van der Waals surface area contributed by atoms with Crippen LogP contribution < -0.4 is 5.32 Å². The van der Waals surface area contributed by atoms with Crippen molar-refractivity contribution < 1.29 is 9.90 Å². The first kappa shape index (κ1) is 13.9. The van der Waals surface area contributed by atoms with Crippen LogP contribution in [-0.2, 0) is 11.2 Å². The summed E-state index contributed by atoms with van der Waals surface area (Å²) in [7, 11) is 2.03. The number of benzene rings is 1. The summed E-state index contributed by atoms with van der Waals surface area (Å²) in [5.74, 6) is -0.748. The molecule has 0 saturated carbocycles. The third-order valence-electron chi connectivity index (χ3n) is 3.97. The second-order valence-electron chi connectivity index (χ2n) is 5.37. The van der Waals surface area contributed by atoms with Crippen LogP contribution in [0.5, 0.6) is 0 Å². The van der Waals surface area contributed by atoms with E-state index in [1.165, 1.54) is 5.56 Å². The predicted octanol–water partition coefficient (Wildman–Crippen LogP) is 2.21. The third kappa shape index (κ3) is 3.07. The summed E-state index contributed by atoms with van der Waals surface area (Å²) in [6.45, 7) is 3.72. The van der Waals surface area contributed by atoms with Crippen molar-refractivity contribution in [3.8, 4) is 0 Å². The number of anilines is 1. The summed E-state index contributed by atoms with van der Waals surface area (Å²) in [6.07, 6.45) is 2.22. The first-order valence-corrected chi connectivity index (χ1v) is 6.85. The van der Waals surface area contributed by atoms with E-state index in [1.807, 2.05) is 25.2 Å². The largest absolute Gasteiger partial charge is 0.480 e. The Labute approximate surface area is 114 Å². The molecule has 0 bridgehead atoms. The quantitative estimate of drug-likeness (QED) is 0.873. The lowest BCUT2D eigenvalue weighted by atomic mass is 9.87. The first-order valence-electron chi connectivity index (χ1n) is 6.85. The van der Waals surface area contributed by atoms with Crippen LogP contribution in [0.4, 0.5) is 5.69 Å². The summed E-state index contributed by atoms with van der Waals surface area (Å²) in [5.41, 5.74) is 1.31. The zero-order valence-corrected chi connectivity index (χ0v) is 11.6. The molecule has 0 aromatic heterocycles. The molecular formula is C15H22N2O2. The van der Waals surface area contributed by atoms with Gasteiger partial charge in [0.15, 0.2) is 0 Å². The zero-order valence-electron chi connectivity index (χ0n) is 11.6. The monoisotopic (exact) mass is 262 g/mol. The van der Waals surface area contributed by atoms with Crippen LogP contribution in [0, 0.1) is 0 Å². The number of hydrogen-bond acceptors (Lipinski definition) is 3. The molecule has 1 heterocycles. The minimum atomic E-state index is -0.821. The number of hydrogen-bond donors (Lipinski definition) is 2. The number of aryl methyl sites for hydroxylation is 1. The number of aliphatic carboxylic acids is 1. The summed E-state index contributed by atoms with van der Waals surface area (Å²) < 4.78 is 0. The van der Waals surface area contributed by atoms with Crippen molar-refractivity contribution in [2.75, 3.05) is 25.5 Å². The second-order valence-corrected chi connectivity index (χ2v) is 5.37. The number of carboxylic acids is 1. The molecule has 2 rings (SSSR count). The zero-order chi connectivity index (χ0) is 13.9. The molecule has 0 spiro atoms. The van der Waals surface area contributed by atoms with Crippen molar-refractivity contribution in [3.63, 3.8) is 0 Å². The van der Waals surface area contributed by atoms with E-state index < -0.39 is 11.5 Å². The fraction of sp³-hybridized carbons (Fsp3) is 0.533. The Balaban J connectivity index is 2.19. The summed E-state index contributed by atoms with van der Waals surface area (Å²) in [5, 5.41) is 12.8. The number of carbonyl (C=O) groups is 1. The van der Waals surface area contributed by atoms with Gasteiger partial charge in [-0.25, -0.2) is 4.79 Å². The fourth-order valence-electron chi connectivity index (χ4n) is 2.54. The van der Waals surface area contributed by atoms with E-state index in [9.17, 15) is 9.90 Å². The van der Waals surface area contributed by atoms with E-state index >= 15 is 0 Å². The van der Waals surface area contributed by atoms with Crippen LogP contribution in [0.15, 0.2) is 24.3 Å². The normalized spacial score (nSPS) is 19.1. The average molecular weight is 262 g/mol. The number of carboxylic acid groups (broad SMARTS) is 1. The Bertz CT molecular complexity index is 451. The van der Waals surface area contributed by atoms with Crippen molar-refractivity contribution in [2.45, 2.75) is 31.7 Å². The smallest absolute Gasteiger partial charge is 0.329 e. The third-order valence-corrected chi connectivity index (χ3v) is 3.97. The van der Waals surface area contributed by atoms with Crippen molar-refractivity contribution in [1.82, 2.24) is 4.90 Å². The van der Waals surface area contributed by atoms with Crippen molar-refractivity contribution >= 4 is 11.7 Å². The molecular weight excluding hydrogens is 240 g/mol. The van der Waals surface area contributed by atoms with Crippen LogP contribution in [0.1, 0.15) is 25.3 Å². The number of likely N-dealkylation sites (tertiary alicyclic amines) is 1. The summed E-state index contributed by atoms with van der Waals surface area (Å²) in [4.78, 5) is 13.8. The van der Waals surface area contributed by atoms with Gasteiger partial charge < -0.3 is 15.3 Å². The highest BCUT2D eigenvalue weighted by Crippen LogP contribution is 2.27. The van der Waals surface area contributed by atoms with Gasteiger partial charge in [0.2, 0.25) is 0 Å². The van der Waals surface area contributed by atoms with Crippen molar-refractivity contribution in [2.24, 2.45) is 0 Å². The van der Waals surface area contributed by atoms with Crippen LogP contribution >= 0.6 is 0 Å². The van der Waals surface area contributed by atoms with Crippen LogP contribution in [0.25, 0.3) is 0 Å². The maximum Gasteiger partial charge on any atom is 0.329 e. The highest BCUT2D eigenvalue weighted by Gasteiger charge is 2.40. The van der Waals surface area contributed by atoms with Gasteiger partial charge in [-0.15, -0.1) is 0 Å². The van der Waals surface area contributed by atoms with Gasteiger partial charge in [0, 0.05) is 18.8 Å². The van der Waals surface area contributed by atoms with Gasteiger partial charge >= 0.3 is 5.97 Å². The maximum atomic E-state index is 11.7. The molecule has 4 nitrogen and oxygen atoms in total. The van der Waals surface area contributed by atoms with Gasteiger partial charge in [-0.05, 0) is 44.0 Å². The number of nitrogens with zero attached hydrogens (tertiary/aromatic N) is 1. The molecule has 1 aliphatic heterocycles. The predicted molar refractivity (Wildman–Crippen MR) is 76.5 cm³/mol. The van der Waals surface area contributed by atoms with Gasteiger partial charge in [-0.1, -0.05) is 19.1 Å². The SMILES string of the molecule is CCc1cccc(NC2(C(=O)O)CCN(C)CC2)c1. The van der Waals surface area contributed by atoms with Crippen molar-refractivity contribution in [1.29, 1.82) is 0 Å². The molecule has 1 saturated heterocycles. The van der Waals surface area contributed by atoms with Crippen molar-refractivity contribution in [3.05, 3.63) is 29.8 Å². The number of piperidine rings is 1. The molecule has 19 heavy (non-hydrogen) atoms. The molecule has 0 amide bonds. The maximum absolute atomic E-state index is 11.7. The topological polar surface area (TPSA) is 52.6 Å². The fourth-order valence-corrected chi connectivity index (χ4v) is 2.54. The first-order chi connectivity index (χ1) is 9.05. The molecule has 0 radical (unpaired) electrons. The lowest BCUT2D eigenvalue weighted by molar-refractivity contribution is -0.143. The van der Waals surface area contributed by atoms with E-state index in [0.717, 1.165) is 25.2 Å². The highest BCUT2D eigenvalue weighted by atomic mass is 16.4. The van der Waals surface area contributed by atoms with Crippen LogP contribution in [-0.4, -0.2) is 41.7 Å². The summed E-state index contributed by atoms with van der Waals surface area (Å²) in [6, 6.07) is 8.03. The molecule has 4 heteroatoms. The molecule has 0 unspecified atom stereocenters. The molecule has 1 fully saturated rings. The van der Waals surface area contributed by atoms with Crippen LogP contribution in [0.2, 0.25) is 0 Å². The Kier molecular flexibility index (Phi) is 4.10. The van der Waals surface area contributed by atoms with E-state index in [1.54, 1.807) is 0 Å². The number of rotatable bonds is 4. The summed E-state index contributed by atoms with van der Waals surface area (Å²) >= 11 is 0. The Morgan fingerprint density at radius 2 is 2.11 bits per heavy atom. The standard InChI is InChI=1S/C15H22N2O2/c1-3-12-5-4-6-13(11-12)16-15(14(18)19)7-9-17(2)10-8-15/h4-6,11,16H,3,7-10H2,1-2H3,(H,18,19). The van der Waals surface area contributed by atoms with E-state index in [4.69, 9.17) is 0 Å². The van der Waals surface area contributed by atoms with Crippen LogP contribution in [0.3, 0.4) is 0 Å². The molecule has 0 aliphatic carbocycles. The van der Waals surface area contributed by atoms with Gasteiger partial charge in [0.25, 0.3) is 0 Å². The Morgan fingerprint density at radius 1 is 1.42 bits per heavy atom.